The molecule has 152 valence electrons. The van der Waals surface area contributed by atoms with E-state index in [2.05, 4.69) is 15.2 Å². The van der Waals surface area contributed by atoms with Crippen LogP contribution in [0.4, 0.5) is 4.39 Å². The monoisotopic (exact) mass is 420 g/mol. The molecule has 5 rings (SSSR count). The van der Waals surface area contributed by atoms with Crippen LogP contribution in [0.2, 0.25) is 0 Å². The fourth-order valence-electron chi connectivity index (χ4n) is 3.85. The molecular weight excluding hydrogens is 399 g/mol. The second-order valence-corrected chi connectivity index (χ2v) is 8.99. The van der Waals surface area contributed by atoms with Crippen LogP contribution >= 0.6 is 11.8 Å². The highest BCUT2D eigenvalue weighted by Crippen LogP contribution is 2.42. The first kappa shape index (κ1) is 19.1. The standard InChI is InChI=1S/C23H21FN4OS/c1-13-20(17-8-4-6-10-19(17)25-13)21(29)14(2)30-23-27-26-22(28(23)15-11-12-15)16-7-3-5-9-18(16)24/h3-10,14-15,25H,11-12H2,1-2H3/t14-/m1/s1. The Morgan fingerprint density at radius 2 is 1.90 bits per heavy atom. The van der Waals surface area contributed by atoms with Gasteiger partial charge in [0, 0.05) is 28.2 Å². The number of carbonyl (C=O) groups excluding carboxylic acids is 1. The van der Waals surface area contributed by atoms with Crippen LogP contribution in [-0.2, 0) is 0 Å². The van der Waals surface area contributed by atoms with Crippen LogP contribution in [-0.4, -0.2) is 30.8 Å². The summed E-state index contributed by atoms with van der Waals surface area (Å²) in [6, 6.07) is 14.7. The van der Waals surface area contributed by atoms with E-state index in [9.17, 15) is 9.18 Å². The molecule has 0 unspecified atom stereocenters. The Morgan fingerprint density at radius 1 is 1.17 bits per heavy atom. The maximum Gasteiger partial charge on any atom is 0.192 e. The molecule has 30 heavy (non-hydrogen) atoms. The van der Waals surface area contributed by atoms with Gasteiger partial charge in [0.2, 0.25) is 0 Å². The van der Waals surface area contributed by atoms with E-state index in [1.807, 2.05) is 42.7 Å². The van der Waals surface area contributed by atoms with Gasteiger partial charge in [-0.1, -0.05) is 42.1 Å². The average molecular weight is 421 g/mol. The van der Waals surface area contributed by atoms with Gasteiger partial charge in [-0.25, -0.2) is 4.39 Å². The normalized spacial score (nSPS) is 14.9. The molecule has 0 radical (unpaired) electrons. The van der Waals surface area contributed by atoms with Gasteiger partial charge < -0.3 is 4.98 Å². The maximum atomic E-state index is 14.4. The fraction of sp³-hybridized carbons (Fsp3) is 0.261. The summed E-state index contributed by atoms with van der Waals surface area (Å²) in [5.74, 6) is 0.260. The Labute approximate surface area is 177 Å². The second-order valence-electron chi connectivity index (χ2n) is 7.68. The number of hydrogen-bond donors (Lipinski definition) is 1. The zero-order valence-electron chi connectivity index (χ0n) is 16.7. The number of aryl methyl sites for hydroxylation is 1. The quantitative estimate of drug-likeness (QED) is 0.327. The van der Waals surface area contributed by atoms with E-state index in [1.54, 1.807) is 18.2 Å². The van der Waals surface area contributed by atoms with Crippen molar-refractivity contribution < 1.29 is 9.18 Å². The number of thioether (sulfide) groups is 1. The van der Waals surface area contributed by atoms with Gasteiger partial charge in [0.1, 0.15) is 5.82 Å². The van der Waals surface area contributed by atoms with Crippen molar-refractivity contribution in [2.24, 2.45) is 0 Å². The number of nitrogens with zero attached hydrogens (tertiary/aromatic N) is 3. The Hall–Kier alpha value is -2.93. The van der Waals surface area contributed by atoms with Crippen molar-refractivity contribution in [1.82, 2.24) is 19.7 Å². The lowest BCUT2D eigenvalue weighted by molar-refractivity contribution is 0.0995. The van der Waals surface area contributed by atoms with E-state index in [4.69, 9.17) is 0 Å². The van der Waals surface area contributed by atoms with Crippen LogP contribution in [0.25, 0.3) is 22.3 Å². The van der Waals surface area contributed by atoms with Crippen LogP contribution in [0.5, 0.6) is 0 Å². The van der Waals surface area contributed by atoms with Crippen LogP contribution in [0.3, 0.4) is 0 Å². The summed E-state index contributed by atoms with van der Waals surface area (Å²) in [4.78, 5) is 16.6. The van der Waals surface area contributed by atoms with Crippen LogP contribution in [0.15, 0.2) is 53.7 Å². The summed E-state index contributed by atoms with van der Waals surface area (Å²) in [6.45, 7) is 3.82. The van der Waals surface area contributed by atoms with Crippen molar-refractivity contribution in [2.45, 2.75) is 43.1 Å². The number of H-pyrrole nitrogens is 1. The number of aromatic amines is 1. The number of rotatable bonds is 6. The van der Waals surface area contributed by atoms with Crippen LogP contribution < -0.4 is 0 Å². The van der Waals surface area contributed by atoms with Gasteiger partial charge in [-0.3, -0.25) is 9.36 Å². The molecule has 4 aromatic rings. The molecule has 0 spiro atoms. The minimum atomic E-state index is -0.349. The van der Waals surface area contributed by atoms with E-state index in [0.717, 1.165) is 35.0 Å². The highest BCUT2D eigenvalue weighted by atomic mass is 32.2. The topological polar surface area (TPSA) is 63.6 Å². The maximum absolute atomic E-state index is 14.4. The van der Waals surface area contributed by atoms with Gasteiger partial charge in [-0.05, 0) is 44.9 Å². The summed E-state index contributed by atoms with van der Waals surface area (Å²) >= 11 is 1.39. The molecule has 0 bridgehead atoms. The Morgan fingerprint density at radius 3 is 2.67 bits per heavy atom. The number of Topliss-reactive ketones (excluding diaryl/α,β-unsaturated/α-hetero) is 1. The minimum absolute atomic E-state index is 0.0488. The third kappa shape index (κ3) is 3.23. The molecule has 2 aromatic heterocycles. The number of hydrogen-bond acceptors (Lipinski definition) is 4. The van der Waals surface area contributed by atoms with Crippen LogP contribution in [0, 0.1) is 12.7 Å². The fourth-order valence-corrected chi connectivity index (χ4v) is 4.83. The summed E-state index contributed by atoms with van der Waals surface area (Å²) in [6.07, 6.45) is 2.02. The predicted octanol–water partition coefficient (Wildman–Crippen LogP) is 5.57. The van der Waals surface area contributed by atoms with Gasteiger partial charge in [0.05, 0.1) is 10.8 Å². The molecule has 2 aromatic carbocycles. The molecule has 1 N–H and O–H groups in total. The summed E-state index contributed by atoms with van der Waals surface area (Å²) in [5, 5.41) is 9.86. The van der Waals surface area contributed by atoms with Crippen molar-refractivity contribution in [3.05, 3.63) is 65.6 Å². The number of benzene rings is 2. The van der Waals surface area contributed by atoms with Crippen LogP contribution in [0.1, 0.15) is 41.9 Å². The number of fused-ring (bicyclic) bond motifs is 1. The van der Waals surface area contributed by atoms with Crippen molar-refractivity contribution in [2.75, 3.05) is 0 Å². The van der Waals surface area contributed by atoms with Crippen molar-refractivity contribution in [3.63, 3.8) is 0 Å². The summed E-state index contributed by atoms with van der Waals surface area (Å²) in [5.41, 5.74) is 2.98. The Bertz CT molecular complexity index is 1260. The van der Waals surface area contributed by atoms with E-state index in [1.165, 1.54) is 17.8 Å². The molecule has 7 heteroatoms. The second kappa shape index (κ2) is 7.40. The third-order valence-corrected chi connectivity index (χ3v) is 6.54. The Kier molecular flexibility index (Phi) is 4.70. The summed E-state index contributed by atoms with van der Waals surface area (Å²) < 4.78 is 16.4. The molecule has 1 aliphatic rings. The minimum Gasteiger partial charge on any atom is -0.358 e. The zero-order valence-corrected chi connectivity index (χ0v) is 17.5. The lowest BCUT2D eigenvalue weighted by Crippen LogP contribution is -2.15. The predicted molar refractivity (Wildman–Crippen MR) is 116 cm³/mol. The number of ketones is 1. The largest absolute Gasteiger partial charge is 0.358 e. The van der Waals surface area contributed by atoms with E-state index < -0.39 is 0 Å². The smallest absolute Gasteiger partial charge is 0.192 e. The van der Waals surface area contributed by atoms with Gasteiger partial charge in [0.15, 0.2) is 16.8 Å². The van der Waals surface area contributed by atoms with E-state index in [0.29, 0.717) is 16.5 Å². The molecule has 0 aliphatic heterocycles. The molecule has 1 aliphatic carbocycles. The number of halogens is 1. The average Bonchev–Trinajstić information content (AvgIpc) is 3.41. The summed E-state index contributed by atoms with van der Waals surface area (Å²) in [7, 11) is 0. The molecule has 0 amide bonds. The van der Waals surface area contributed by atoms with Crippen molar-refractivity contribution in [1.29, 1.82) is 0 Å². The third-order valence-electron chi connectivity index (χ3n) is 5.48. The first-order valence-corrected chi connectivity index (χ1v) is 10.9. The van der Waals surface area contributed by atoms with Gasteiger partial charge in [0.25, 0.3) is 0 Å². The molecule has 1 fully saturated rings. The first-order valence-electron chi connectivity index (χ1n) is 10.0. The van der Waals surface area contributed by atoms with E-state index >= 15 is 0 Å². The molecular formula is C23H21FN4OS. The lowest BCUT2D eigenvalue weighted by atomic mass is 10.1. The Balaban J connectivity index is 1.48. The first-order chi connectivity index (χ1) is 14.5. The van der Waals surface area contributed by atoms with Gasteiger partial charge >= 0.3 is 0 Å². The zero-order chi connectivity index (χ0) is 20.8. The number of aromatic nitrogens is 4. The molecule has 0 saturated heterocycles. The lowest BCUT2D eigenvalue weighted by Gasteiger charge is -2.13. The van der Waals surface area contributed by atoms with Gasteiger partial charge in [-0.2, -0.15) is 0 Å². The van der Waals surface area contributed by atoms with Crippen molar-refractivity contribution >= 4 is 28.4 Å². The molecule has 1 saturated carbocycles. The molecule has 1 atom stereocenters. The highest BCUT2D eigenvalue weighted by Gasteiger charge is 2.32. The number of carbonyl (C=O) groups is 1. The van der Waals surface area contributed by atoms with E-state index in [-0.39, 0.29) is 22.9 Å². The highest BCUT2D eigenvalue weighted by molar-refractivity contribution is 8.00. The van der Waals surface area contributed by atoms with Crippen molar-refractivity contribution in [3.8, 4) is 11.4 Å². The van der Waals surface area contributed by atoms with Gasteiger partial charge in [-0.15, -0.1) is 10.2 Å². The molecule has 2 heterocycles. The number of para-hydroxylation sites is 1. The number of nitrogens with one attached hydrogen (secondary N) is 1. The SMILES string of the molecule is Cc1[nH]c2ccccc2c1C(=O)[C@@H](C)Sc1nnc(-c2ccccc2F)n1C1CC1. The molecule has 5 nitrogen and oxygen atoms in total.